The number of halogens is 3. The van der Waals surface area contributed by atoms with Gasteiger partial charge >= 0.3 is 0 Å². The summed E-state index contributed by atoms with van der Waals surface area (Å²) in [6.07, 6.45) is 5.19. The van der Waals surface area contributed by atoms with Crippen molar-refractivity contribution in [2.45, 2.75) is 66.0 Å². The van der Waals surface area contributed by atoms with Crippen LogP contribution in [0.3, 0.4) is 0 Å². The molecule has 1 aliphatic heterocycles. The van der Waals surface area contributed by atoms with E-state index in [0.29, 0.717) is 22.9 Å². The van der Waals surface area contributed by atoms with Crippen molar-refractivity contribution in [3.63, 3.8) is 0 Å². The highest BCUT2D eigenvalue weighted by atomic mass is 127. The van der Waals surface area contributed by atoms with E-state index >= 15 is 0 Å². The van der Waals surface area contributed by atoms with Crippen molar-refractivity contribution in [2.75, 3.05) is 25.3 Å². The minimum Gasteiger partial charge on any atom is -0.379 e. The highest BCUT2D eigenvalue weighted by Gasteiger charge is 2.53. The highest BCUT2D eigenvalue weighted by Crippen LogP contribution is 2.54. The molecule has 2 fully saturated rings. The molecule has 1 saturated heterocycles. The van der Waals surface area contributed by atoms with Gasteiger partial charge in [-0.3, -0.25) is 9.48 Å². The van der Waals surface area contributed by atoms with E-state index in [0.717, 1.165) is 53.8 Å². The monoisotopic (exact) mass is 711 g/mol. The van der Waals surface area contributed by atoms with Crippen LogP contribution in [0, 0.1) is 31.6 Å². The Balaban J connectivity index is 0.000000214. The van der Waals surface area contributed by atoms with Crippen molar-refractivity contribution in [1.82, 2.24) is 14.7 Å². The third-order valence-electron chi connectivity index (χ3n) is 6.58. The van der Waals surface area contributed by atoms with Gasteiger partial charge in [-0.1, -0.05) is 11.6 Å². The Morgan fingerprint density at radius 3 is 2.31 bits per heavy atom. The van der Waals surface area contributed by atoms with E-state index in [1.165, 1.54) is 17.5 Å². The minimum atomic E-state index is 0.0417. The number of methoxy groups -OCH3 is 1. The number of aryl methyl sites for hydroxylation is 1. The summed E-state index contributed by atoms with van der Waals surface area (Å²) in [4.78, 5) is 12.4. The Hall–Kier alpha value is -0.740. The van der Waals surface area contributed by atoms with E-state index in [2.05, 4.69) is 66.7 Å². The summed E-state index contributed by atoms with van der Waals surface area (Å²) < 4.78 is 8.04. The van der Waals surface area contributed by atoms with Gasteiger partial charge in [0.2, 0.25) is 6.41 Å². The number of anilines is 1. The quantitative estimate of drug-likeness (QED) is 0.146. The zero-order valence-corrected chi connectivity index (χ0v) is 27.5. The molecule has 1 atom stereocenters. The van der Waals surface area contributed by atoms with Gasteiger partial charge in [0, 0.05) is 65.7 Å². The molecule has 4 rings (SSSR count). The van der Waals surface area contributed by atoms with Crippen molar-refractivity contribution < 1.29 is 9.53 Å². The Kier molecular flexibility index (Phi) is 11.7. The molecule has 2 heterocycles. The summed E-state index contributed by atoms with van der Waals surface area (Å²) in [7, 11) is 1.71. The minimum absolute atomic E-state index is 0.0417. The first kappa shape index (κ1) is 31.5. The summed E-state index contributed by atoms with van der Waals surface area (Å²) >= 11 is 11.7. The molecule has 1 aromatic carbocycles. The average Bonchev–Trinajstić information content (AvgIpc) is 3.02. The number of amides is 1. The van der Waals surface area contributed by atoms with Gasteiger partial charge in [-0.25, -0.2) is 0 Å². The molecule has 1 aromatic heterocycles. The number of nitrogens with one attached hydrogen (secondary N) is 2. The van der Waals surface area contributed by atoms with Crippen LogP contribution < -0.4 is 5.09 Å². The lowest BCUT2D eigenvalue weighted by Crippen LogP contribution is -2.61. The molecule has 0 bridgehead atoms. The van der Waals surface area contributed by atoms with Crippen LogP contribution in [0.15, 0.2) is 16.7 Å². The van der Waals surface area contributed by atoms with E-state index in [9.17, 15) is 4.79 Å². The van der Waals surface area contributed by atoms with Crippen molar-refractivity contribution in [3.8, 4) is 0 Å². The molecule has 1 spiro atoms. The Morgan fingerprint density at radius 1 is 1.31 bits per heavy atom. The van der Waals surface area contributed by atoms with Crippen LogP contribution in [0.4, 0.5) is 5.69 Å². The van der Waals surface area contributed by atoms with E-state index in [1.807, 2.05) is 44.7 Å². The molecule has 200 valence electrons. The van der Waals surface area contributed by atoms with Crippen LogP contribution in [-0.4, -0.2) is 53.1 Å². The van der Waals surface area contributed by atoms with Gasteiger partial charge in [0.05, 0.1) is 11.6 Å². The van der Waals surface area contributed by atoms with Crippen LogP contribution in [0.25, 0.3) is 0 Å². The fraction of sp³-hybridized carbons (Fsp3) is 0.560. The molecule has 2 aliphatic rings. The van der Waals surface area contributed by atoms with Gasteiger partial charge < -0.3 is 20.1 Å². The van der Waals surface area contributed by atoms with Gasteiger partial charge in [-0.05, 0) is 110 Å². The molecule has 1 aliphatic carbocycles. The third-order valence-corrected chi connectivity index (χ3v) is 8.91. The van der Waals surface area contributed by atoms with Crippen molar-refractivity contribution >= 4 is 74.3 Å². The molecule has 2 aromatic rings. The van der Waals surface area contributed by atoms with Gasteiger partial charge in [0.25, 0.3) is 0 Å². The predicted octanol–water partition coefficient (Wildman–Crippen LogP) is 7.49. The number of hydrogen-bond donors (Lipinski definition) is 2. The second-order valence-corrected chi connectivity index (χ2v) is 13.6. The standard InChI is InChI=1S/C12H16BrN3O.C8H9ClIN2P.C5H12O/c1-8-9(2)16(14-11(8)13)10-3-12(4-10)5-15(6-12)7-17;1-5-2-8(12-13-10)6(4-11)3-7(5)9;1-5(2,3)6-4/h7,10H,3-6H2,1-2H3;2-4,11-13H,1H3;1-4H3. The first-order valence-electron chi connectivity index (χ1n) is 11.7. The summed E-state index contributed by atoms with van der Waals surface area (Å²) in [6, 6.07) is 4.30. The topological polar surface area (TPSA) is 83.2 Å². The Labute approximate surface area is 243 Å². The summed E-state index contributed by atoms with van der Waals surface area (Å²) in [5, 5.41) is 15.7. The van der Waals surface area contributed by atoms with E-state index < -0.39 is 0 Å². The van der Waals surface area contributed by atoms with Crippen LogP contribution in [0.2, 0.25) is 5.02 Å². The maximum absolute atomic E-state index is 10.6. The van der Waals surface area contributed by atoms with Crippen molar-refractivity contribution in [3.05, 3.63) is 44.1 Å². The number of carbonyl (C=O) groups excluding carboxylic acids is 1. The predicted molar refractivity (Wildman–Crippen MR) is 165 cm³/mol. The number of aromatic nitrogens is 2. The van der Waals surface area contributed by atoms with Crippen LogP contribution in [0.5, 0.6) is 0 Å². The van der Waals surface area contributed by atoms with Crippen LogP contribution in [0.1, 0.15) is 62.0 Å². The molecule has 1 unspecified atom stereocenters. The molecule has 2 N–H and O–H groups in total. The molecule has 11 heteroatoms. The van der Waals surface area contributed by atoms with Gasteiger partial charge in [-0.2, -0.15) is 5.10 Å². The van der Waals surface area contributed by atoms with Gasteiger partial charge in [0.15, 0.2) is 0 Å². The molecule has 1 saturated carbocycles. The van der Waals surface area contributed by atoms with Crippen molar-refractivity contribution in [2.24, 2.45) is 5.41 Å². The summed E-state index contributed by atoms with van der Waals surface area (Å²) in [5.41, 5.74) is 5.77. The van der Waals surface area contributed by atoms with Crippen LogP contribution in [-0.2, 0) is 9.53 Å². The fourth-order valence-corrected chi connectivity index (χ4v) is 5.98. The van der Waals surface area contributed by atoms with E-state index in [1.54, 1.807) is 7.11 Å². The molecule has 7 nitrogen and oxygen atoms in total. The molecular formula is C25H37BrClIN5O2P. The maximum atomic E-state index is 10.6. The van der Waals surface area contributed by atoms with E-state index in [4.69, 9.17) is 21.7 Å². The first-order valence-corrected chi connectivity index (χ1v) is 17.0. The number of carbonyl (C=O) groups is 1. The van der Waals surface area contributed by atoms with Gasteiger partial charge in [0.1, 0.15) is 4.60 Å². The lowest BCUT2D eigenvalue weighted by Gasteiger charge is -2.58. The fourth-order valence-electron chi connectivity index (χ4n) is 4.16. The summed E-state index contributed by atoms with van der Waals surface area (Å²) in [6.45, 7) is 14.1. The first-order chi connectivity index (χ1) is 16.8. The highest BCUT2D eigenvalue weighted by molar-refractivity contribution is 14.2. The van der Waals surface area contributed by atoms with Gasteiger partial charge in [-0.15, -0.1) is 0 Å². The second kappa shape index (κ2) is 13.4. The smallest absolute Gasteiger partial charge is 0.209 e. The lowest BCUT2D eigenvalue weighted by molar-refractivity contribution is -0.140. The zero-order valence-electron chi connectivity index (χ0n) is 22.0. The number of rotatable bonds is 5. The average molecular weight is 713 g/mol. The van der Waals surface area contributed by atoms with Crippen LogP contribution >= 0.6 is 55.9 Å². The molecule has 36 heavy (non-hydrogen) atoms. The number of benzene rings is 1. The SMILES string of the molecule is COC(C)(C)C.Cc1c(Br)nn(C2CC3(C2)CN(C=O)C3)c1C.Cc1cc(NPI)c(C=N)cc1Cl. The molecule has 0 radical (unpaired) electrons. The lowest BCUT2D eigenvalue weighted by atomic mass is 9.61. The molecular weight excluding hydrogens is 676 g/mol. The van der Waals surface area contributed by atoms with E-state index in [-0.39, 0.29) is 5.60 Å². The zero-order chi connectivity index (χ0) is 27.3. The Morgan fingerprint density at radius 2 is 1.89 bits per heavy atom. The largest absolute Gasteiger partial charge is 0.379 e. The molecule has 1 amide bonds. The van der Waals surface area contributed by atoms with Crippen molar-refractivity contribution in [1.29, 1.82) is 5.41 Å². The number of ether oxygens (including phenoxy) is 1. The maximum Gasteiger partial charge on any atom is 0.209 e. The number of nitrogens with zero attached hydrogens (tertiary/aromatic N) is 3. The second-order valence-electron chi connectivity index (χ2n) is 10.4. The number of hydrogen-bond acceptors (Lipinski definition) is 5. The number of likely N-dealkylation sites (tertiary alicyclic amines) is 1. The Bertz CT molecular complexity index is 1060. The summed E-state index contributed by atoms with van der Waals surface area (Å²) in [5.74, 6) is 0. The normalized spacial score (nSPS) is 16.4. The third kappa shape index (κ3) is 8.13.